The van der Waals surface area contributed by atoms with Crippen LogP contribution in [0.1, 0.15) is 15.9 Å². The van der Waals surface area contributed by atoms with Crippen molar-refractivity contribution in [3.63, 3.8) is 0 Å². The highest BCUT2D eigenvalue weighted by Gasteiger charge is 2.07. The van der Waals surface area contributed by atoms with Crippen LogP contribution in [-0.4, -0.2) is 10.9 Å². The Morgan fingerprint density at radius 1 is 1.22 bits per heavy atom. The van der Waals surface area contributed by atoms with Crippen molar-refractivity contribution >= 4 is 17.4 Å². The molecule has 0 radical (unpaired) electrons. The second-order valence-corrected chi connectivity index (χ2v) is 3.86. The highest BCUT2D eigenvalue weighted by molar-refractivity contribution is 5.97. The topological polar surface area (TPSA) is 94.0 Å². The number of anilines is 2. The highest BCUT2D eigenvalue weighted by atomic mass is 16.1. The maximum atomic E-state index is 11.2. The Kier molecular flexibility index (Phi) is 3.43. The summed E-state index contributed by atoms with van der Waals surface area (Å²) in [5.41, 5.74) is 13.0. The molecule has 18 heavy (non-hydrogen) atoms. The number of benzene rings is 1. The van der Waals surface area contributed by atoms with E-state index in [2.05, 4.69) is 10.3 Å². The number of hydrogen-bond acceptors (Lipinski definition) is 4. The quantitative estimate of drug-likeness (QED) is 0.706. The number of nitrogens with zero attached hydrogens (tertiary/aromatic N) is 1. The maximum absolute atomic E-state index is 11.2. The molecule has 5 heteroatoms. The van der Waals surface area contributed by atoms with Crippen LogP contribution in [0.5, 0.6) is 0 Å². The fourth-order valence-corrected chi connectivity index (χ4v) is 1.57. The number of aromatic nitrogens is 1. The third-order valence-corrected chi connectivity index (χ3v) is 2.51. The largest absolute Gasteiger partial charge is 0.399 e. The lowest BCUT2D eigenvalue weighted by molar-refractivity contribution is 0.100. The summed E-state index contributed by atoms with van der Waals surface area (Å²) in [6, 6.07) is 10.8. The SMILES string of the molecule is NC(=O)c1cccnc1NCc1ccc(N)cc1. The Labute approximate surface area is 105 Å². The number of nitrogen functional groups attached to an aromatic ring is 1. The minimum atomic E-state index is -0.497. The average molecular weight is 242 g/mol. The van der Waals surface area contributed by atoms with Gasteiger partial charge < -0.3 is 16.8 Å². The van der Waals surface area contributed by atoms with Crippen LogP contribution in [0.25, 0.3) is 0 Å². The normalized spacial score (nSPS) is 10.0. The van der Waals surface area contributed by atoms with E-state index in [0.29, 0.717) is 17.9 Å². The first-order chi connectivity index (χ1) is 8.66. The van der Waals surface area contributed by atoms with E-state index in [9.17, 15) is 4.79 Å². The molecule has 0 spiro atoms. The second kappa shape index (κ2) is 5.18. The number of carbonyl (C=O) groups is 1. The predicted molar refractivity (Wildman–Crippen MR) is 70.9 cm³/mol. The van der Waals surface area contributed by atoms with Gasteiger partial charge in [0, 0.05) is 18.4 Å². The molecule has 1 amide bonds. The number of amides is 1. The molecule has 2 rings (SSSR count). The molecule has 1 aromatic heterocycles. The van der Waals surface area contributed by atoms with Gasteiger partial charge >= 0.3 is 0 Å². The molecule has 0 fully saturated rings. The molecular formula is C13H14N4O. The summed E-state index contributed by atoms with van der Waals surface area (Å²) in [6.07, 6.45) is 1.61. The number of pyridine rings is 1. The standard InChI is InChI=1S/C13H14N4O/c14-10-5-3-9(4-6-10)8-17-13-11(12(15)18)2-1-7-16-13/h1-7H,8,14H2,(H2,15,18)(H,16,17). The van der Waals surface area contributed by atoms with Crippen molar-refractivity contribution in [2.24, 2.45) is 5.73 Å². The van der Waals surface area contributed by atoms with Crippen LogP contribution < -0.4 is 16.8 Å². The molecule has 0 aliphatic rings. The van der Waals surface area contributed by atoms with Crippen LogP contribution in [0.4, 0.5) is 11.5 Å². The van der Waals surface area contributed by atoms with Gasteiger partial charge in [-0.15, -0.1) is 0 Å². The smallest absolute Gasteiger partial charge is 0.252 e. The molecule has 0 atom stereocenters. The van der Waals surface area contributed by atoms with E-state index in [1.54, 1.807) is 18.3 Å². The van der Waals surface area contributed by atoms with Crippen LogP contribution in [-0.2, 0) is 6.54 Å². The zero-order chi connectivity index (χ0) is 13.0. The van der Waals surface area contributed by atoms with Crippen molar-refractivity contribution in [1.82, 2.24) is 4.98 Å². The van der Waals surface area contributed by atoms with Crippen LogP contribution >= 0.6 is 0 Å². The van der Waals surface area contributed by atoms with E-state index in [1.807, 2.05) is 24.3 Å². The monoisotopic (exact) mass is 242 g/mol. The van der Waals surface area contributed by atoms with Crippen LogP contribution in [0.3, 0.4) is 0 Å². The maximum Gasteiger partial charge on any atom is 0.252 e. The Bertz CT molecular complexity index is 551. The molecule has 2 aromatic rings. The van der Waals surface area contributed by atoms with E-state index in [1.165, 1.54) is 0 Å². The molecule has 92 valence electrons. The number of nitrogens with two attached hydrogens (primary N) is 2. The van der Waals surface area contributed by atoms with Crippen molar-refractivity contribution in [2.75, 3.05) is 11.1 Å². The Balaban J connectivity index is 2.10. The number of rotatable bonds is 4. The third-order valence-electron chi connectivity index (χ3n) is 2.51. The fraction of sp³-hybridized carbons (Fsp3) is 0.0769. The van der Waals surface area contributed by atoms with Crippen molar-refractivity contribution in [3.8, 4) is 0 Å². The number of carbonyl (C=O) groups excluding carboxylic acids is 1. The summed E-state index contributed by atoms with van der Waals surface area (Å²) >= 11 is 0. The molecule has 0 aliphatic carbocycles. The first-order valence-corrected chi connectivity index (χ1v) is 5.50. The Hall–Kier alpha value is -2.56. The summed E-state index contributed by atoms with van der Waals surface area (Å²) in [4.78, 5) is 15.3. The summed E-state index contributed by atoms with van der Waals surface area (Å²) in [5.74, 6) is -0.00951. The third kappa shape index (κ3) is 2.76. The molecule has 0 saturated heterocycles. The zero-order valence-electron chi connectivity index (χ0n) is 9.76. The van der Waals surface area contributed by atoms with Crippen LogP contribution in [0.15, 0.2) is 42.6 Å². The van der Waals surface area contributed by atoms with E-state index < -0.39 is 5.91 Å². The molecule has 5 nitrogen and oxygen atoms in total. The predicted octanol–water partition coefficient (Wildman–Crippen LogP) is 1.37. The van der Waals surface area contributed by atoms with Crippen molar-refractivity contribution < 1.29 is 4.79 Å². The highest BCUT2D eigenvalue weighted by Crippen LogP contribution is 2.13. The fourth-order valence-electron chi connectivity index (χ4n) is 1.57. The Morgan fingerprint density at radius 2 is 1.94 bits per heavy atom. The van der Waals surface area contributed by atoms with Crippen LogP contribution in [0.2, 0.25) is 0 Å². The number of nitrogens with one attached hydrogen (secondary N) is 1. The summed E-state index contributed by atoms with van der Waals surface area (Å²) in [7, 11) is 0. The summed E-state index contributed by atoms with van der Waals surface area (Å²) < 4.78 is 0. The molecule has 0 aliphatic heterocycles. The molecular weight excluding hydrogens is 228 g/mol. The van der Waals surface area contributed by atoms with Crippen molar-refractivity contribution in [1.29, 1.82) is 0 Å². The molecule has 0 bridgehead atoms. The van der Waals surface area contributed by atoms with Crippen molar-refractivity contribution in [3.05, 3.63) is 53.7 Å². The van der Waals surface area contributed by atoms with Gasteiger partial charge in [-0.3, -0.25) is 4.79 Å². The summed E-state index contributed by atoms with van der Waals surface area (Å²) in [5, 5.41) is 3.08. The number of primary amides is 1. The lowest BCUT2D eigenvalue weighted by Gasteiger charge is -2.08. The molecule has 5 N–H and O–H groups in total. The van der Waals surface area contributed by atoms with Gasteiger partial charge in [0.25, 0.3) is 5.91 Å². The Morgan fingerprint density at radius 3 is 2.61 bits per heavy atom. The molecule has 0 saturated carbocycles. The van der Waals surface area contributed by atoms with E-state index >= 15 is 0 Å². The molecule has 0 unspecified atom stereocenters. The number of hydrogen-bond donors (Lipinski definition) is 3. The van der Waals surface area contributed by atoms with E-state index in [0.717, 1.165) is 11.3 Å². The second-order valence-electron chi connectivity index (χ2n) is 3.86. The molecule has 1 aromatic carbocycles. The minimum Gasteiger partial charge on any atom is -0.399 e. The average Bonchev–Trinajstić information content (AvgIpc) is 2.38. The lowest BCUT2D eigenvalue weighted by Crippen LogP contribution is -2.15. The van der Waals surface area contributed by atoms with Gasteiger partial charge in [-0.05, 0) is 29.8 Å². The van der Waals surface area contributed by atoms with Gasteiger partial charge in [-0.2, -0.15) is 0 Å². The van der Waals surface area contributed by atoms with Gasteiger partial charge in [-0.1, -0.05) is 12.1 Å². The minimum absolute atomic E-state index is 0.382. The first kappa shape index (κ1) is 11.9. The lowest BCUT2D eigenvalue weighted by atomic mass is 10.2. The van der Waals surface area contributed by atoms with E-state index in [4.69, 9.17) is 11.5 Å². The summed E-state index contributed by atoms with van der Waals surface area (Å²) in [6.45, 7) is 0.553. The van der Waals surface area contributed by atoms with Gasteiger partial charge in [0.1, 0.15) is 5.82 Å². The van der Waals surface area contributed by atoms with E-state index in [-0.39, 0.29) is 0 Å². The first-order valence-electron chi connectivity index (χ1n) is 5.50. The van der Waals surface area contributed by atoms with Gasteiger partial charge in [-0.25, -0.2) is 4.98 Å². The van der Waals surface area contributed by atoms with Gasteiger partial charge in [0.05, 0.1) is 5.56 Å². The molecule has 1 heterocycles. The van der Waals surface area contributed by atoms with Crippen molar-refractivity contribution in [2.45, 2.75) is 6.54 Å². The zero-order valence-corrected chi connectivity index (χ0v) is 9.76. The van der Waals surface area contributed by atoms with Gasteiger partial charge in [0.15, 0.2) is 0 Å². The van der Waals surface area contributed by atoms with Gasteiger partial charge in [0.2, 0.25) is 0 Å². The van der Waals surface area contributed by atoms with Crippen LogP contribution in [0, 0.1) is 0 Å².